The van der Waals surface area contributed by atoms with Gasteiger partial charge >= 0.3 is 6.18 Å². The summed E-state index contributed by atoms with van der Waals surface area (Å²) in [4.78, 5) is 0. The van der Waals surface area contributed by atoms with Gasteiger partial charge in [0.15, 0.2) is 0 Å². The topological polar surface area (TPSA) is 20.2 Å². The van der Waals surface area contributed by atoms with Gasteiger partial charge in [-0.1, -0.05) is 12.1 Å². The highest BCUT2D eigenvalue weighted by Crippen LogP contribution is 2.28. The average Bonchev–Trinajstić information content (AvgIpc) is 2.18. The van der Waals surface area contributed by atoms with E-state index < -0.39 is 11.7 Å². The van der Waals surface area contributed by atoms with Crippen molar-refractivity contribution < 1.29 is 18.3 Å². The molecule has 0 aliphatic carbocycles. The van der Waals surface area contributed by atoms with Crippen LogP contribution in [0.3, 0.4) is 0 Å². The van der Waals surface area contributed by atoms with Gasteiger partial charge in [-0.25, -0.2) is 0 Å². The fourth-order valence-electron chi connectivity index (χ4n) is 0.799. The predicted molar refractivity (Wildman–Crippen MR) is 53.9 cm³/mol. The lowest BCUT2D eigenvalue weighted by atomic mass is 10.1. The van der Waals surface area contributed by atoms with Crippen molar-refractivity contribution in [2.75, 3.05) is 5.34 Å². The molecule has 6 heteroatoms. The maximum absolute atomic E-state index is 12.0. The molecule has 0 aliphatic heterocycles. The summed E-state index contributed by atoms with van der Waals surface area (Å²) in [5, 5.41) is 8.74. The maximum atomic E-state index is 12.0. The van der Waals surface area contributed by atoms with Crippen LogP contribution in [0.4, 0.5) is 13.2 Å². The van der Waals surface area contributed by atoms with Gasteiger partial charge in [-0.05, 0) is 17.7 Å². The van der Waals surface area contributed by atoms with E-state index in [1.165, 1.54) is 12.1 Å². The molecule has 0 aromatic heterocycles. The van der Waals surface area contributed by atoms with Crippen LogP contribution in [0.5, 0.6) is 0 Å². The summed E-state index contributed by atoms with van der Waals surface area (Å²) < 4.78 is 35.9. The van der Waals surface area contributed by atoms with E-state index in [2.05, 4.69) is 0 Å². The molecule has 0 unspecified atom stereocenters. The summed E-state index contributed by atoms with van der Waals surface area (Å²) in [7, 11) is 0. The van der Waals surface area contributed by atoms with E-state index in [9.17, 15) is 13.2 Å². The fraction of sp³-hybridized carbons (Fsp3) is 0.333. The molecule has 0 heterocycles. The SMILES string of the molecule is ClCCl.OCc1ccc(C(F)(F)F)cc1. The number of alkyl halides is 5. The van der Waals surface area contributed by atoms with Gasteiger partial charge in [0.1, 0.15) is 0 Å². The second-order valence-electron chi connectivity index (χ2n) is 2.45. The molecule has 86 valence electrons. The van der Waals surface area contributed by atoms with Gasteiger partial charge in [0.25, 0.3) is 0 Å². The first-order valence-corrected chi connectivity index (χ1v) is 4.91. The molecule has 0 saturated heterocycles. The normalized spacial score (nSPS) is 10.5. The Kier molecular flexibility index (Phi) is 6.72. The van der Waals surface area contributed by atoms with Crippen molar-refractivity contribution >= 4 is 23.2 Å². The molecule has 1 nitrogen and oxygen atoms in total. The molecule has 1 rings (SSSR count). The first-order chi connectivity index (χ1) is 6.95. The molecule has 0 bridgehead atoms. The summed E-state index contributed by atoms with van der Waals surface area (Å²) in [5.74, 6) is 0. The largest absolute Gasteiger partial charge is 0.416 e. The third kappa shape index (κ3) is 5.87. The number of aliphatic hydroxyl groups is 1. The van der Waals surface area contributed by atoms with Crippen LogP contribution in [0.2, 0.25) is 0 Å². The lowest BCUT2D eigenvalue weighted by Gasteiger charge is -2.05. The van der Waals surface area contributed by atoms with Gasteiger partial charge in [0, 0.05) is 0 Å². The molecule has 0 aliphatic rings. The molecule has 0 saturated carbocycles. The summed E-state index contributed by atoms with van der Waals surface area (Å²) in [5.41, 5.74) is -0.220. The van der Waals surface area contributed by atoms with Crippen LogP contribution in [0, 0.1) is 0 Å². The van der Waals surface area contributed by atoms with Crippen LogP contribution in [-0.2, 0) is 12.8 Å². The monoisotopic (exact) mass is 260 g/mol. The highest BCUT2D eigenvalue weighted by Gasteiger charge is 2.29. The molecule has 0 spiro atoms. The van der Waals surface area contributed by atoms with Gasteiger partial charge in [-0.3, -0.25) is 0 Å². The summed E-state index contributed by atoms with van der Waals surface area (Å²) in [6.45, 7) is -0.238. The third-order valence-electron chi connectivity index (χ3n) is 1.46. The van der Waals surface area contributed by atoms with Crippen LogP contribution in [0.25, 0.3) is 0 Å². The van der Waals surface area contributed by atoms with Crippen molar-refractivity contribution in [1.29, 1.82) is 0 Å². The molecule has 15 heavy (non-hydrogen) atoms. The van der Waals surface area contributed by atoms with Gasteiger partial charge in [-0.2, -0.15) is 13.2 Å². The van der Waals surface area contributed by atoms with E-state index in [4.69, 9.17) is 28.3 Å². The molecule has 0 atom stereocenters. The van der Waals surface area contributed by atoms with Crippen molar-refractivity contribution in [3.8, 4) is 0 Å². The second-order valence-corrected chi connectivity index (χ2v) is 3.26. The minimum atomic E-state index is -4.30. The Morgan fingerprint density at radius 1 is 1.07 bits per heavy atom. The smallest absolute Gasteiger partial charge is 0.392 e. The number of hydrogen-bond donors (Lipinski definition) is 1. The average molecular weight is 261 g/mol. The molecular weight excluding hydrogens is 252 g/mol. The first-order valence-electron chi connectivity index (χ1n) is 3.84. The van der Waals surface area contributed by atoms with Crippen LogP contribution in [0.1, 0.15) is 11.1 Å². The van der Waals surface area contributed by atoms with Crippen molar-refractivity contribution in [1.82, 2.24) is 0 Å². The number of aliphatic hydroxyl groups excluding tert-OH is 1. The Morgan fingerprint density at radius 2 is 1.47 bits per heavy atom. The van der Waals surface area contributed by atoms with Gasteiger partial charge in [0.05, 0.1) is 17.5 Å². The molecule has 0 amide bonds. The van der Waals surface area contributed by atoms with Crippen LogP contribution in [-0.4, -0.2) is 10.4 Å². The highest BCUT2D eigenvalue weighted by atomic mass is 35.5. The predicted octanol–water partition coefficient (Wildman–Crippen LogP) is 3.62. The van der Waals surface area contributed by atoms with Crippen molar-refractivity contribution in [2.45, 2.75) is 12.8 Å². The lowest BCUT2D eigenvalue weighted by molar-refractivity contribution is -0.137. The van der Waals surface area contributed by atoms with E-state index in [0.717, 1.165) is 12.1 Å². The van der Waals surface area contributed by atoms with E-state index in [1.54, 1.807) is 0 Å². The Hall–Kier alpha value is -0.450. The highest BCUT2D eigenvalue weighted by molar-refractivity contribution is 6.40. The Morgan fingerprint density at radius 3 is 1.73 bits per heavy atom. The van der Waals surface area contributed by atoms with Crippen molar-refractivity contribution in [3.63, 3.8) is 0 Å². The van der Waals surface area contributed by atoms with E-state index in [0.29, 0.717) is 5.56 Å². The molecule has 1 N–H and O–H groups in total. The molecule has 0 fully saturated rings. The van der Waals surface area contributed by atoms with Crippen molar-refractivity contribution in [2.24, 2.45) is 0 Å². The summed E-state index contributed by atoms with van der Waals surface area (Å²) in [6, 6.07) is 4.41. The zero-order chi connectivity index (χ0) is 11.9. The molecular formula is C9H9Cl2F3O. The summed E-state index contributed by atoms with van der Waals surface area (Å²) >= 11 is 9.53. The van der Waals surface area contributed by atoms with Crippen LogP contribution in [0.15, 0.2) is 24.3 Å². The van der Waals surface area contributed by atoms with Gasteiger partial charge < -0.3 is 5.11 Å². The Bertz CT molecular complexity index is 272. The first kappa shape index (κ1) is 14.6. The standard InChI is InChI=1S/C8H7F3O.CH2Cl2/c9-8(10,11)7-3-1-6(5-12)2-4-7;2-1-3/h1-4,12H,5H2;1H2. The second kappa shape index (κ2) is 6.93. The van der Waals surface area contributed by atoms with Crippen LogP contribution < -0.4 is 0 Å². The van der Waals surface area contributed by atoms with Crippen molar-refractivity contribution in [3.05, 3.63) is 35.4 Å². The van der Waals surface area contributed by atoms with E-state index in [1.807, 2.05) is 0 Å². The molecule has 0 radical (unpaired) electrons. The molecule has 1 aromatic rings. The zero-order valence-electron chi connectivity index (χ0n) is 7.56. The van der Waals surface area contributed by atoms with Gasteiger partial charge in [-0.15, -0.1) is 23.2 Å². The Balaban J connectivity index is 0.000000583. The van der Waals surface area contributed by atoms with Crippen LogP contribution >= 0.6 is 23.2 Å². The fourth-order valence-corrected chi connectivity index (χ4v) is 0.799. The number of halogens is 5. The zero-order valence-corrected chi connectivity index (χ0v) is 9.07. The summed E-state index contributed by atoms with van der Waals surface area (Å²) in [6.07, 6.45) is -4.30. The minimum absolute atomic E-state index is 0.194. The molecule has 1 aromatic carbocycles. The third-order valence-corrected chi connectivity index (χ3v) is 1.46. The lowest BCUT2D eigenvalue weighted by Crippen LogP contribution is -2.04. The number of rotatable bonds is 1. The van der Waals surface area contributed by atoms with E-state index >= 15 is 0 Å². The number of hydrogen-bond acceptors (Lipinski definition) is 1. The maximum Gasteiger partial charge on any atom is 0.416 e. The Labute approximate surface area is 95.4 Å². The quantitative estimate of drug-likeness (QED) is 0.765. The number of benzene rings is 1. The van der Waals surface area contributed by atoms with Gasteiger partial charge in [0.2, 0.25) is 0 Å². The minimum Gasteiger partial charge on any atom is -0.392 e. The van der Waals surface area contributed by atoms with E-state index in [-0.39, 0.29) is 11.9 Å².